The minimum atomic E-state index is -4.18. The van der Waals surface area contributed by atoms with Gasteiger partial charge in [-0.1, -0.05) is 25.1 Å². The zero-order valence-corrected chi connectivity index (χ0v) is 10.0. The molecule has 0 unspecified atom stereocenters. The molecule has 0 aliphatic carbocycles. The summed E-state index contributed by atoms with van der Waals surface area (Å²) in [5.74, 6) is 0. The standard InChI is InChI=1S/C13H15F3N2/c1-2-11(18-8-13(14,15)16)10-7-17-12-6-4-3-5-9(10)12/h3-7,11,17-18H,2,8H2,1H3/t11-/m1/s1. The van der Waals surface area contributed by atoms with E-state index in [-0.39, 0.29) is 6.04 Å². The molecule has 0 saturated heterocycles. The SMILES string of the molecule is CC[C@@H](NCC(F)(F)F)c1c[nH]c2ccccc12. The second-order valence-electron chi connectivity index (χ2n) is 4.25. The highest BCUT2D eigenvalue weighted by Gasteiger charge is 2.28. The number of rotatable bonds is 4. The van der Waals surface area contributed by atoms with Gasteiger partial charge in [0.15, 0.2) is 0 Å². The van der Waals surface area contributed by atoms with Gasteiger partial charge in [0.25, 0.3) is 0 Å². The Labute approximate surface area is 103 Å². The molecular weight excluding hydrogens is 241 g/mol. The van der Waals surface area contributed by atoms with Crippen LogP contribution in [0.1, 0.15) is 24.9 Å². The van der Waals surface area contributed by atoms with E-state index in [9.17, 15) is 13.2 Å². The molecule has 18 heavy (non-hydrogen) atoms. The first-order valence-electron chi connectivity index (χ1n) is 5.87. The van der Waals surface area contributed by atoms with Crippen LogP contribution in [-0.4, -0.2) is 17.7 Å². The maximum absolute atomic E-state index is 12.2. The Balaban J connectivity index is 2.22. The van der Waals surface area contributed by atoms with Crippen molar-refractivity contribution in [2.75, 3.05) is 6.54 Å². The molecule has 0 aliphatic heterocycles. The normalized spacial score (nSPS) is 14.0. The maximum Gasteiger partial charge on any atom is 0.401 e. The molecule has 0 saturated carbocycles. The first-order chi connectivity index (χ1) is 8.51. The van der Waals surface area contributed by atoms with Gasteiger partial charge in [-0.25, -0.2) is 0 Å². The molecule has 1 aromatic heterocycles. The molecule has 0 radical (unpaired) electrons. The Morgan fingerprint density at radius 3 is 2.67 bits per heavy atom. The molecule has 2 N–H and O–H groups in total. The summed E-state index contributed by atoms with van der Waals surface area (Å²) in [7, 11) is 0. The van der Waals surface area contributed by atoms with Crippen molar-refractivity contribution in [3.63, 3.8) is 0 Å². The highest BCUT2D eigenvalue weighted by atomic mass is 19.4. The average molecular weight is 256 g/mol. The molecule has 2 nitrogen and oxygen atoms in total. The number of hydrogen-bond acceptors (Lipinski definition) is 1. The molecule has 0 amide bonds. The lowest BCUT2D eigenvalue weighted by Gasteiger charge is -2.17. The van der Waals surface area contributed by atoms with Gasteiger partial charge in [-0.2, -0.15) is 13.2 Å². The van der Waals surface area contributed by atoms with Crippen LogP contribution in [-0.2, 0) is 0 Å². The van der Waals surface area contributed by atoms with E-state index in [1.165, 1.54) is 0 Å². The van der Waals surface area contributed by atoms with Crippen LogP contribution in [0.4, 0.5) is 13.2 Å². The first-order valence-corrected chi connectivity index (χ1v) is 5.87. The third kappa shape index (κ3) is 2.85. The number of halogens is 3. The number of para-hydroxylation sites is 1. The summed E-state index contributed by atoms with van der Waals surface area (Å²) >= 11 is 0. The van der Waals surface area contributed by atoms with Crippen LogP contribution in [0, 0.1) is 0 Å². The Bertz CT molecular complexity index is 516. The van der Waals surface area contributed by atoms with Crippen LogP contribution in [0.5, 0.6) is 0 Å². The number of benzene rings is 1. The van der Waals surface area contributed by atoms with Crippen molar-refractivity contribution in [3.8, 4) is 0 Å². The molecule has 0 bridgehead atoms. The fourth-order valence-electron chi connectivity index (χ4n) is 2.10. The number of H-pyrrole nitrogens is 1. The monoisotopic (exact) mass is 256 g/mol. The largest absolute Gasteiger partial charge is 0.401 e. The fraction of sp³-hybridized carbons (Fsp3) is 0.385. The minimum absolute atomic E-state index is 0.289. The van der Waals surface area contributed by atoms with Crippen molar-refractivity contribution < 1.29 is 13.2 Å². The van der Waals surface area contributed by atoms with E-state index >= 15 is 0 Å². The summed E-state index contributed by atoms with van der Waals surface area (Å²) in [6.45, 7) is 0.904. The van der Waals surface area contributed by atoms with Crippen molar-refractivity contribution in [2.45, 2.75) is 25.6 Å². The van der Waals surface area contributed by atoms with Crippen molar-refractivity contribution in [1.29, 1.82) is 0 Å². The van der Waals surface area contributed by atoms with E-state index in [0.29, 0.717) is 6.42 Å². The van der Waals surface area contributed by atoms with Gasteiger partial charge in [0, 0.05) is 23.1 Å². The van der Waals surface area contributed by atoms with Crippen LogP contribution < -0.4 is 5.32 Å². The van der Waals surface area contributed by atoms with Gasteiger partial charge in [0.05, 0.1) is 6.54 Å². The predicted octanol–water partition coefficient (Wildman–Crippen LogP) is 3.77. The third-order valence-electron chi connectivity index (χ3n) is 2.95. The second-order valence-corrected chi connectivity index (χ2v) is 4.25. The summed E-state index contributed by atoms with van der Waals surface area (Å²) in [5.41, 5.74) is 1.83. The van der Waals surface area contributed by atoms with Crippen LogP contribution in [0.25, 0.3) is 10.9 Å². The van der Waals surface area contributed by atoms with E-state index in [1.54, 1.807) is 6.20 Å². The van der Waals surface area contributed by atoms with E-state index in [0.717, 1.165) is 16.5 Å². The summed E-state index contributed by atoms with van der Waals surface area (Å²) in [6, 6.07) is 7.32. The van der Waals surface area contributed by atoms with E-state index in [1.807, 2.05) is 31.2 Å². The van der Waals surface area contributed by atoms with Crippen molar-refractivity contribution in [3.05, 3.63) is 36.0 Å². The number of aromatic amines is 1. The molecule has 5 heteroatoms. The van der Waals surface area contributed by atoms with Crippen LogP contribution >= 0.6 is 0 Å². The van der Waals surface area contributed by atoms with Crippen molar-refractivity contribution in [2.24, 2.45) is 0 Å². The van der Waals surface area contributed by atoms with Crippen LogP contribution in [0.2, 0.25) is 0 Å². The fourth-order valence-corrected chi connectivity index (χ4v) is 2.10. The topological polar surface area (TPSA) is 27.8 Å². The maximum atomic E-state index is 12.2. The molecule has 2 aromatic rings. The third-order valence-corrected chi connectivity index (χ3v) is 2.95. The number of alkyl halides is 3. The number of fused-ring (bicyclic) bond motifs is 1. The number of nitrogens with one attached hydrogen (secondary N) is 2. The molecular formula is C13H15F3N2. The molecule has 1 heterocycles. The van der Waals surface area contributed by atoms with Gasteiger partial charge in [-0.05, 0) is 18.1 Å². The minimum Gasteiger partial charge on any atom is -0.361 e. The Morgan fingerprint density at radius 2 is 2.00 bits per heavy atom. The predicted molar refractivity (Wildman–Crippen MR) is 65.4 cm³/mol. The highest BCUT2D eigenvalue weighted by Crippen LogP contribution is 2.26. The Hall–Kier alpha value is -1.49. The van der Waals surface area contributed by atoms with E-state index in [4.69, 9.17) is 0 Å². The molecule has 0 spiro atoms. The zero-order chi connectivity index (χ0) is 13.2. The highest BCUT2D eigenvalue weighted by molar-refractivity contribution is 5.83. The van der Waals surface area contributed by atoms with Gasteiger partial charge >= 0.3 is 6.18 Å². The van der Waals surface area contributed by atoms with Gasteiger partial charge in [-0.3, -0.25) is 0 Å². The summed E-state index contributed by atoms with van der Waals surface area (Å²) in [4.78, 5) is 3.08. The molecule has 1 atom stereocenters. The van der Waals surface area contributed by atoms with E-state index in [2.05, 4.69) is 10.3 Å². The lowest BCUT2D eigenvalue weighted by molar-refractivity contribution is -0.126. The van der Waals surface area contributed by atoms with Gasteiger partial charge in [0.2, 0.25) is 0 Å². The molecule has 0 aliphatic rings. The summed E-state index contributed by atoms with van der Waals surface area (Å²) < 4.78 is 36.7. The Morgan fingerprint density at radius 1 is 1.28 bits per heavy atom. The molecule has 1 aromatic carbocycles. The quantitative estimate of drug-likeness (QED) is 0.856. The lowest BCUT2D eigenvalue weighted by Crippen LogP contribution is -2.31. The summed E-state index contributed by atoms with van der Waals surface area (Å²) in [5, 5.41) is 3.53. The van der Waals surface area contributed by atoms with Crippen LogP contribution in [0.15, 0.2) is 30.5 Å². The van der Waals surface area contributed by atoms with Crippen LogP contribution in [0.3, 0.4) is 0 Å². The molecule has 98 valence electrons. The summed E-state index contributed by atoms with van der Waals surface area (Å²) in [6.07, 6.45) is -1.79. The Kier molecular flexibility index (Phi) is 3.61. The molecule has 0 fully saturated rings. The number of hydrogen-bond donors (Lipinski definition) is 2. The van der Waals surface area contributed by atoms with Crippen molar-refractivity contribution in [1.82, 2.24) is 10.3 Å². The van der Waals surface area contributed by atoms with Gasteiger partial charge in [0.1, 0.15) is 0 Å². The van der Waals surface area contributed by atoms with Gasteiger partial charge in [-0.15, -0.1) is 0 Å². The van der Waals surface area contributed by atoms with Gasteiger partial charge < -0.3 is 10.3 Å². The molecule has 2 rings (SSSR count). The van der Waals surface area contributed by atoms with E-state index < -0.39 is 12.7 Å². The number of aromatic nitrogens is 1. The average Bonchev–Trinajstić information content (AvgIpc) is 2.73. The lowest BCUT2D eigenvalue weighted by atomic mass is 10.0. The zero-order valence-electron chi connectivity index (χ0n) is 10.0. The smallest absolute Gasteiger partial charge is 0.361 e. The first kappa shape index (κ1) is 13.0. The van der Waals surface area contributed by atoms with Crippen molar-refractivity contribution >= 4 is 10.9 Å². The second kappa shape index (κ2) is 5.02.